The number of ketones is 1. The van der Waals surface area contributed by atoms with E-state index >= 15 is 0 Å². The van der Waals surface area contributed by atoms with E-state index in [2.05, 4.69) is 10.6 Å². The Hall–Kier alpha value is -4.11. The Morgan fingerprint density at radius 1 is 0.892 bits per heavy atom. The first-order chi connectivity index (χ1) is 17.6. The van der Waals surface area contributed by atoms with Gasteiger partial charge in [-0.25, -0.2) is 8.78 Å². The molecular weight excluding hydrogens is 504 g/mol. The van der Waals surface area contributed by atoms with Crippen LogP contribution in [0.15, 0.2) is 66.7 Å². The molecule has 7 nitrogen and oxygen atoms in total. The van der Waals surface area contributed by atoms with Crippen molar-refractivity contribution in [3.05, 3.63) is 100 Å². The Bertz CT molecular complexity index is 1310. The number of nitrogens with one attached hydrogen (secondary N) is 2. The van der Waals surface area contributed by atoms with Gasteiger partial charge in [0.25, 0.3) is 0 Å². The molecule has 0 heterocycles. The number of anilines is 1. The van der Waals surface area contributed by atoms with Crippen LogP contribution in [0.4, 0.5) is 14.5 Å². The number of likely N-dealkylation sites (N-methyl/N-ethyl adjacent to an activating group) is 1. The summed E-state index contributed by atoms with van der Waals surface area (Å²) in [5.41, 5.74) is 1.12. The average molecular weight is 528 g/mol. The summed E-state index contributed by atoms with van der Waals surface area (Å²) in [6, 6.07) is 15.9. The minimum absolute atomic E-state index is 0.179. The van der Waals surface area contributed by atoms with Crippen LogP contribution in [-0.2, 0) is 20.9 Å². The highest BCUT2D eigenvalue weighted by molar-refractivity contribution is 6.31. The fraction of sp³-hybridized carbons (Fsp3) is 0.185. The van der Waals surface area contributed by atoms with Gasteiger partial charge in [0.15, 0.2) is 5.78 Å². The number of benzene rings is 3. The van der Waals surface area contributed by atoms with E-state index in [4.69, 9.17) is 11.6 Å². The molecule has 0 saturated heterocycles. The van der Waals surface area contributed by atoms with Crippen LogP contribution in [0.1, 0.15) is 28.4 Å². The van der Waals surface area contributed by atoms with E-state index in [1.54, 1.807) is 30.3 Å². The maximum Gasteiger partial charge on any atom is 0.246 e. The molecule has 3 aromatic rings. The lowest BCUT2D eigenvalue weighted by molar-refractivity contribution is -0.135. The molecule has 1 atom stereocenters. The molecule has 0 spiro atoms. The van der Waals surface area contributed by atoms with Gasteiger partial charge in [0, 0.05) is 35.8 Å². The first kappa shape index (κ1) is 27.5. The van der Waals surface area contributed by atoms with Crippen molar-refractivity contribution in [1.29, 1.82) is 0 Å². The van der Waals surface area contributed by atoms with Crippen LogP contribution in [0.3, 0.4) is 0 Å². The third kappa shape index (κ3) is 7.20. The minimum atomic E-state index is -1.18. The second kappa shape index (κ2) is 12.2. The number of carbonyl (C=O) groups excluding carboxylic acids is 4. The zero-order valence-corrected chi connectivity index (χ0v) is 20.8. The number of amides is 3. The molecule has 37 heavy (non-hydrogen) atoms. The number of rotatable bonds is 9. The van der Waals surface area contributed by atoms with Crippen molar-refractivity contribution in [1.82, 2.24) is 10.6 Å². The maximum absolute atomic E-state index is 13.3. The molecule has 0 aliphatic rings. The Balaban J connectivity index is 1.61. The van der Waals surface area contributed by atoms with Gasteiger partial charge in [-0.2, -0.15) is 0 Å². The van der Waals surface area contributed by atoms with Crippen LogP contribution in [-0.4, -0.2) is 37.1 Å². The van der Waals surface area contributed by atoms with Crippen molar-refractivity contribution in [2.24, 2.45) is 5.92 Å². The van der Waals surface area contributed by atoms with E-state index in [9.17, 15) is 28.0 Å². The Morgan fingerprint density at radius 3 is 2.16 bits per heavy atom. The van der Waals surface area contributed by atoms with E-state index in [1.165, 1.54) is 37.1 Å². The lowest BCUT2D eigenvalue weighted by atomic mass is 10.0. The van der Waals surface area contributed by atoms with Crippen molar-refractivity contribution in [3.8, 4) is 0 Å². The van der Waals surface area contributed by atoms with E-state index in [0.29, 0.717) is 22.3 Å². The van der Waals surface area contributed by atoms with Gasteiger partial charge >= 0.3 is 0 Å². The monoisotopic (exact) mass is 527 g/mol. The molecule has 3 aromatic carbocycles. The largest absolute Gasteiger partial charge is 0.351 e. The van der Waals surface area contributed by atoms with Crippen LogP contribution < -0.4 is 15.5 Å². The quantitative estimate of drug-likeness (QED) is 0.326. The fourth-order valence-corrected chi connectivity index (χ4v) is 3.64. The lowest BCUT2D eigenvalue weighted by Crippen LogP contribution is -2.44. The van der Waals surface area contributed by atoms with E-state index in [-0.39, 0.29) is 23.5 Å². The summed E-state index contributed by atoms with van der Waals surface area (Å²) in [6.07, 6.45) is 0. The molecule has 3 amide bonds. The van der Waals surface area contributed by atoms with Gasteiger partial charge < -0.3 is 15.5 Å². The van der Waals surface area contributed by atoms with Crippen molar-refractivity contribution in [2.75, 3.05) is 18.5 Å². The van der Waals surface area contributed by atoms with Gasteiger partial charge in [-0.15, -0.1) is 0 Å². The second-order valence-corrected chi connectivity index (χ2v) is 8.68. The topological polar surface area (TPSA) is 95.6 Å². The van der Waals surface area contributed by atoms with Crippen LogP contribution in [0.5, 0.6) is 0 Å². The number of halogens is 3. The predicted molar refractivity (Wildman–Crippen MR) is 135 cm³/mol. The molecule has 0 aromatic heterocycles. The Morgan fingerprint density at radius 2 is 1.51 bits per heavy atom. The SMILES string of the molecule is CC(C(=O)NCC(=O)N(C)c1ccc(Cl)cc1C(=O)c1ccccc1)C(=O)NCc1cc(F)cc(F)c1. The zero-order valence-electron chi connectivity index (χ0n) is 20.1. The third-order valence-corrected chi connectivity index (χ3v) is 5.80. The average Bonchev–Trinajstić information content (AvgIpc) is 2.88. The highest BCUT2D eigenvalue weighted by atomic mass is 35.5. The van der Waals surface area contributed by atoms with Crippen molar-refractivity contribution in [2.45, 2.75) is 13.5 Å². The Labute approximate surface area is 217 Å². The number of carbonyl (C=O) groups is 4. The molecule has 3 rings (SSSR count). The third-order valence-electron chi connectivity index (χ3n) is 5.56. The lowest BCUT2D eigenvalue weighted by Gasteiger charge is -2.21. The van der Waals surface area contributed by atoms with Crippen LogP contribution >= 0.6 is 11.6 Å². The van der Waals surface area contributed by atoms with E-state index < -0.39 is 41.8 Å². The number of hydrogen-bond acceptors (Lipinski definition) is 4. The maximum atomic E-state index is 13.3. The smallest absolute Gasteiger partial charge is 0.246 e. The standard InChI is InChI=1S/C27H24ClF2N3O4/c1-16(26(36)31-14-17-10-20(29)13-21(30)11-17)27(37)32-15-24(34)33(2)23-9-8-19(28)12-22(23)25(35)18-6-4-3-5-7-18/h3-13,16H,14-15H2,1-2H3,(H,31,36)(H,32,37). The molecule has 0 fully saturated rings. The molecule has 1 unspecified atom stereocenters. The summed E-state index contributed by atoms with van der Waals surface area (Å²) >= 11 is 6.09. The van der Waals surface area contributed by atoms with Crippen molar-refractivity contribution < 1.29 is 28.0 Å². The summed E-state index contributed by atoms with van der Waals surface area (Å²) in [5, 5.41) is 5.15. The van der Waals surface area contributed by atoms with Gasteiger partial charge in [-0.1, -0.05) is 41.9 Å². The summed E-state index contributed by atoms with van der Waals surface area (Å²) in [4.78, 5) is 51.8. The Kier molecular flexibility index (Phi) is 9.08. The van der Waals surface area contributed by atoms with Crippen molar-refractivity contribution >= 4 is 40.8 Å². The zero-order chi connectivity index (χ0) is 27.1. The van der Waals surface area contributed by atoms with Crippen LogP contribution in [0.2, 0.25) is 5.02 Å². The number of nitrogens with zero attached hydrogens (tertiary/aromatic N) is 1. The normalized spacial score (nSPS) is 11.4. The van der Waals surface area contributed by atoms with Crippen molar-refractivity contribution in [3.63, 3.8) is 0 Å². The molecule has 10 heteroatoms. The highest BCUT2D eigenvalue weighted by Gasteiger charge is 2.24. The van der Waals surface area contributed by atoms with Gasteiger partial charge in [0.1, 0.15) is 17.6 Å². The molecule has 0 saturated carbocycles. The first-order valence-electron chi connectivity index (χ1n) is 11.2. The van der Waals surface area contributed by atoms with E-state index in [0.717, 1.165) is 12.1 Å². The first-order valence-corrected chi connectivity index (χ1v) is 11.6. The fourth-order valence-electron chi connectivity index (χ4n) is 3.47. The molecule has 0 bridgehead atoms. The van der Waals surface area contributed by atoms with E-state index in [1.807, 2.05) is 0 Å². The summed E-state index contributed by atoms with van der Waals surface area (Å²) in [5.74, 6) is -5.02. The predicted octanol–water partition coefficient (Wildman–Crippen LogP) is 3.88. The van der Waals surface area contributed by atoms with Gasteiger partial charge in [0.2, 0.25) is 17.7 Å². The van der Waals surface area contributed by atoms with Crippen LogP contribution in [0, 0.1) is 17.6 Å². The van der Waals surface area contributed by atoms with Gasteiger partial charge in [-0.3, -0.25) is 19.2 Å². The second-order valence-electron chi connectivity index (χ2n) is 8.24. The molecule has 0 radical (unpaired) electrons. The summed E-state index contributed by atoms with van der Waals surface area (Å²) in [7, 11) is 1.45. The van der Waals surface area contributed by atoms with Gasteiger partial charge in [0.05, 0.1) is 12.2 Å². The van der Waals surface area contributed by atoms with Crippen LogP contribution in [0.25, 0.3) is 0 Å². The molecule has 0 aliphatic carbocycles. The number of hydrogen-bond donors (Lipinski definition) is 2. The molecule has 0 aliphatic heterocycles. The molecule has 192 valence electrons. The van der Waals surface area contributed by atoms with Gasteiger partial charge in [-0.05, 0) is 42.8 Å². The summed E-state index contributed by atoms with van der Waals surface area (Å²) in [6.45, 7) is 0.714. The summed E-state index contributed by atoms with van der Waals surface area (Å²) < 4.78 is 26.6. The molecule has 2 N–H and O–H groups in total. The molecular formula is C27H24ClF2N3O4. The highest BCUT2D eigenvalue weighted by Crippen LogP contribution is 2.26. The minimum Gasteiger partial charge on any atom is -0.351 e.